The molecule has 3 heterocycles. The number of carbonyl (C=O) groups excluding carboxylic acids is 1. The standard InChI is InChI=1S/C19H21IN6O4/c1-10-19(29,18(28)21-2)14(27)17(30-10)26-9-25-13-15(23-8-24-16(13)26)22-7-11-4-3-5-12(20)6-11/h3-6,8-10,14,17,27,29H,7H2,1-2H3,(H,21,28)(H,22,23,24)/t10-,14+,17-,19-/m1/s1. The van der Waals surface area contributed by atoms with E-state index < -0.39 is 29.9 Å². The van der Waals surface area contributed by atoms with Crippen molar-refractivity contribution in [1.29, 1.82) is 0 Å². The molecule has 158 valence electrons. The van der Waals surface area contributed by atoms with Gasteiger partial charge in [-0.2, -0.15) is 0 Å². The van der Waals surface area contributed by atoms with Crippen LogP contribution in [0.3, 0.4) is 0 Å². The number of aromatic nitrogens is 4. The minimum atomic E-state index is -2.09. The number of hydrogen-bond donors (Lipinski definition) is 4. The van der Waals surface area contributed by atoms with Crippen molar-refractivity contribution in [2.75, 3.05) is 12.4 Å². The van der Waals surface area contributed by atoms with Crippen molar-refractivity contribution in [3.63, 3.8) is 0 Å². The smallest absolute Gasteiger partial charge is 0.257 e. The molecule has 1 saturated heterocycles. The number of imidazole rings is 1. The molecule has 0 unspecified atom stereocenters. The quantitative estimate of drug-likeness (QED) is 0.361. The predicted molar refractivity (Wildman–Crippen MR) is 116 cm³/mol. The Morgan fingerprint density at radius 2 is 2.17 bits per heavy atom. The first kappa shape index (κ1) is 20.9. The third-order valence-electron chi connectivity index (χ3n) is 5.26. The van der Waals surface area contributed by atoms with Gasteiger partial charge in [0.2, 0.25) is 0 Å². The molecule has 0 aliphatic carbocycles. The van der Waals surface area contributed by atoms with Crippen molar-refractivity contribution in [3.05, 3.63) is 46.1 Å². The van der Waals surface area contributed by atoms with Crippen LogP contribution in [0.4, 0.5) is 5.82 Å². The number of fused-ring (bicyclic) bond motifs is 1. The van der Waals surface area contributed by atoms with E-state index in [4.69, 9.17) is 4.74 Å². The number of hydrogen-bond acceptors (Lipinski definition) is 8. The Kier molecular flexibility index (Phi) is 5.61. The summed E-state index contributed by atoms with van der Waals surface area (Å²) in [6.07, 6.45) is -0.650. The van der Waals surface area contributed by atoms with E-state index in [1.54, 1.807) is 0 Å². The highest BCUT2D eigenvalue weighted by atomic mass is 127. The molecule has 0 spiro atoms. The molecule has 3 aromatic rings. The van der Waals surface area contributed by atoms with Crippen molar-refractivity contribution in [2.24, 2.45) is 0 Å². The first-order valence-electron chi connectivity index (χ1n) is 9.30. The van der Waals surface area contributed by atoms with Gasteiger partial charge in [0.05, 0.1) is 12.4 Å². The van der Waals surface area contributed by atoms with E-state index in [0.29, 0.717) is 23.5 Å². The van der Waals surface area contributed by atoms with Crippen molar-refractivity contribution < 1.29 is 19.7 Å². The minimum Gasteiger partial charge on any atom is -0.385 e. The van der Waals surface area contributed by atoms with Gasteiger partial charge < -0.3 is 25.6 Å². The number of carbonyl (C=O) groups is 1. The van der Waals surface area contributed by atoms with Crippen LogP contribution in [0.15, 0.2) is 36.9 Å². The monoisotopic (exact) mass is 524 g/mol. The minimum absolute atomic E-state index is 0.410. The van der Waals surface area contributed by atoms with Crippen LogP contribution in [-0.4, -0.2) is 60.5 Å². The first-order valence-corrected chi connectivity index (χ1v) is 10.4. The molecule has 1 aliphatic heterocycles. The SMILES string of the molecule is CNC(=O)[C@@]1(O)[C@@H](C)O[C@@H](n2cnc3c(NCc4cccc(I)c4)ncnc32)[C@@H]1O. The molecule has 30 heavy (non-hydrogen) atoms. The number of nitrogens with zero attached hydrogens (tertiary/aromatic N) is 4. The number of anilines is 1. The van der Waals surface area contributed by atoms with Gasteiger partial charge in [0, 0.05) is 17.2 Å². The average Bonchev–Trinajstić information content (AvgIpc) is 3.27. The number of aliphatic hydroxyl groups excluding tert-OH is 1. The fourth-order valence-corrected chi connectivity index (χ4v) is 4.19. The van der Waals surface area contributed by atoms with E-state index in [2.05, 4.69) is 54.2 Å². The molecule has 0 radical (unpaired) electrons. The van der Waals surface area contributed by atoms with Crippen molar-refractivity contribution in [2.45, 2.75) is 37.5 Å². The van der Waals surface area contributed by atoms with E-state index >= 15 is 0 Å². The molecule has 1 amide bonds. The number of amides is 1. The van der Waals surface area contributed by atoms with Gasteiger partial charge in [0.15, 0.2) is 28.8 Å². The molecule has 1 aliphatic rings. The van der Waals surface area contributed by atoms with Gasteiger partial charge in [-0.1, -0.05) is 12.1 Å². The van der Waals surface area contributed by atoms with Gasteiger partial charge >= 0.3 is 0 Å². The van der Waals surface area contributed by atoms with E-state index in [1.165, 1.54) is 31.2 Å². The van der Waals surface area contributed by atoms with Gasteiger partial charge in [-0.05, 0) is 47.2 Å². The number of rotatable bonds is 5. The zero-order chi connectivity index (χ0) is 21.5. The lowest BCUT2D eigenvalue weighted by Crippen LogP contribution is -2.57. The maximum Gasteiger partial charge on any atom is 0.257 e. The Morgan fingerprint density at radius 1 is 1.37 bits per heavy atom. The molecule has 0 bridgehead atoms. The van der Waals surface area contributed by atoms with Gasteiger partial charge in [0.25, 0.3) is 5.91 Å². The number of benzene rings is 1. The molecule has 4 rings (SSSR count). The predicted octanol–water partition coefficient (Wildman–Crippen LogP) is 0.798. The highest BCUT2D eigenvalue weighted by Gasteiger charge is 2.59. The maximum absolute atomic E-state index is 12.2. The molecule has 0 saturated carbocycles. The largest absolute Gasteiger partial charge is 0.385 e. The third-order valence-corrected chi connectivity index (χ3v) is 5.93. The number of nitrogens with one attached hydrogen (secondary N) is 2. The maximum atomic E-state index is 12.2. The summed E-state index contributed by atoms with van der Waals surface area (Å²) in [6, 6.07) is 8.07. The molecule has 4 N–H and O–H groups in total. The summed E-state index contributed by atoms with van der Waals surface area (Å²) in [5.74, 6) is -0.191. The third kappa shape index (κ3) is 3.41. The Hall–Kier alpha value is -2.35. The van der Waals surface area contributed by atoms with Crippen molar-refractivity contribution in [3.8, 4) is 0 Å². The van der Waals surface area contributed by atoms with Crippen LogP contribution in [0.1, 0.15) is 18.7 Å². The normalized spacial score (nSPS) is 26.1. The van der Waals surface area contributed by atoms with E-state index in [9.17, 15) is 15.0 Å². The fourth-order valence-electron chi connectivity index (χ4n) is 3.58. The zero-order valence-electron chi connectivity index (χ0n) is 16.3. The highest BCUT2D eigenvalue weighted by Crippen LogP contribution is 2.38. The number of halogens is 1. The van der Waals surface area contributed by atoms with Gasteiger partial charge in [-0.15, -0.1) is 0 Å². The highest BCUT2D eigenvalue weighted by molar-refractivity contribution is 14.1. The molecule has 1 aromatic carbocycles. The van der Waals surface area contributed by atoms with Crippen molar-refractivity contribution >= 4 is 45.5 Å². The lowest BCUT2D eigenvalue weighted by molar-refractivity contribution is -0.152. The number of likely N-dealkylation sites (N-methyl/N-ethyl adjacent to an activating group) is 1. The second kappa shape index (κ2) is 8.06. The van der Waals surface area contributed by atoms with Crippen LogP contribution in [0.5, 0.6) is 0 Å². The van der Waals surface area contributed by atoms with E-state index in [0.717, 1.165) is 9.13 Å². The Balaban J connectivity index is 1.63. The summed E-state index contributed by atoms with van der Waals surface area (Å²) in [5.41, 5.74) is -0.101. The summed E-state index contributed by atoms with van der Waals surface area (Å²) in [4.78, 5) is 25.1. The number of ether oxygens (including phenoxy) is 1. The van der Waals surface area contributed by atoms with Gasteiger partial charge in [-0.25, -0.2) is 15.0 Å². The molecular weight excluding hydrogens is 503 g/mol. The summed E-state index contributed by atoms with van der Waals surface area (Å²) >= 11 is 2.26. The lowest BCUT2D eigenvalue weighted by atomic mass is 9.92. The van der Waals surface area contributed by atoms with Crippen LogP contribution in [-0.2, 0) is 16.1 Å². The summed E-state index contributed by atoms with van der Waals surface area (Å²) < 4.78 is 8.36. The fraction of sp³-hybridized carbons (Fsp3) is 0.368. The zero-order valence-corrected chi connectivity index (χ0v) is 18.4. The second-order valence-electron chi connectivity index (χ2n) is 7.05. The molecule has 1 fully saturated rings. The molecular formula is C19H21IN6O4. The topological polar surface area (TPSA) is 134 Å². The first-order chi connectivity index (χ1) is 14.4. The van der Waals surface area contributed by atoms with Crippen LogP contribution in [0, 0.1) is 3.57 Å². The Bertz CT molecular complexity index is 1090. The molecule has 11 heteroatoms. The lowest BCUT2D eigenvalue weighted by Gasteiger charge is -2.27. The molecule has 4 atom stereocenters. The number of aliphatic hydroxyl groups is 2. The van der Waals surface area contributed by atoms with Crippen LogP contribution in [0.25, 0.3) is 11.2 Å². The second-order valence-corrected chi connectivity index (χ2v) is 8.29. The Morgan fingerprint density at radius 3 is 2.90 bits per heavy atom. The van der Waals surface area contributed by atoms with Crippen LogP contribution < -0.4 is 10.6 Å². The van der Waals surface area contributed by atoms with Crippen LogP contribution in [0.2, 0.25) is 0 Å². The average molecular weight is 524 g/mol. The van der Waals surface area contributed by atoms with Gasteiger partial charge in [-0.3, -0.25) is 9.36 Å². The van der Waals surface area contributed by atoms with E-state index in [-0.39, 0.29) is 0 Å². The van der Waals surface area contributed by atoms with Gasteiger partial charge in [0.1, 0.15) is 12.4 Å². The summed E-state index contributed by atoms with van der Waals surface area (Å²) in [5, 5.41) is 27.1. The van der Waals surface area contributed by atoms with E-state index in [1.807, 2.05) is 18.2 Å². The summed E-state index contributed by atoms with van der Waals surface area (Å²) in [7, 11) is 1.39. The Labute approximate surface area is 185 Å². The molecule has 10 nitrogen and oxygen atoms in total. The van der Waals surface area contributed by atoms with Crippen molar-refractivity contribution in [1.82, 2.24) is 24.8 Å². The summed E-state index contributed by atoms with van der Waals surface area (Å²) in [6.45, 7) is 2.08. The molecule has 2 aromatic heterocycles. The van der Waals surface area contributed by atoms with Crippen LogP contribution >= 0.6 is 22.6 Å².